The Morgan fingerprint density at radius 2 is 2.12 bits per heavy atom. The predicted molar refractivity (Wildman–Crippen MR) is 61.6 cm³/mol. The van der Waals surface area contributed by atoms with Gasteiger partial charge in [0.05, 0.1) is 16.1 Å². The summed E-state index contributed by atoms with van der Waals surface area (Å²) in [5.74, 6) is -0.673. The fourth-order valence-corrected chi connectivity index (χ4v) is 2.11. The van der Waals surface area contributed by atoms with Crippen molar-refractivity contribution in [3.05, 3.63) is 41.4 Å². The van der Waals surface area contributed by atoms with Crippen LogP contribution < -0.4 is 0 Å². The fourth-order valence-electron chi connectivity index (χ4n) is 1.34. The summed E-state index contributed by atoms with van der Waals surface area (Å²) in [4.78, 5) is -0.0722. The van der Waals surface area contributed by atoms with E-state index in [1.165, 1.54) is 29.2 Å². The van der Waals surface area contributed by atoms with Gasteiger partial charge in [-0.3, -0.25) is 0 Å². The Hall–Kier alpha value is -1.40. The maximum Gasteiger partial charge on any atom is 0.175 e. The number of nitrogens with zero attached hydrogens (tertiary/aromatic N) is 2. The number of hydrogen-bond donors (Lipinski definition) is 0. The number of benzene rings is 1. The first-order valence-corrected chi connectivity index (χ1v) is 6.85. The van der Waals surface area contributed by atoms with Crippen molar-refractivity contribution in [2.75, 3.05) is 6.26 Å². The van der Waals surface area contributed by atoms with Crippen LogP contribution in [0.1, 0.15) is 0 Å². The quantitative estimate of drug-likeness (QED) is 0.842. The molecule has 17 heavy (non-hydrogen) atoms. The van der Waals surface area contributed by atoms with E-state index in [9.17, 15) is 12.8 Å². The van der Waals surface area contributed by atoms with Crippen molar-refractivity contribution >= 4 is 21.4 Å². The number of hydrogen-bond acceptors (Lipinski definition) is 3. The molecule has 0 unspecified atom stereocenters. The van der Waals surface area contributed by atoms with E-state index in [1.54, 1.807) is 0 Å². The molecule has 0 aliphatic rings. The Morgan fingerprint density at radius 1 is 1.41 bits per heavy atom. The molecule has 1 aromatic carbocycles. The van der Waals surface area contributed by atoms with Crippen LogP contribution in [0.3, 0.4) is 0 Å². The third-order valence-electron chi connectivity index (χ3n) is 2.15. The van der Waals surface area contributed by atoms with Gasteiger partial charge in [0.15, 0.2) is 9.84 Å². The zero-order valence-electron chi connectivity index (χ0n) is 8.76. The highest BCUT2D eigenvalue weighted by atomic mass is 35.5. The summed E-state index contributed by atoms with van der Waals surface area (Å²) in [6.07, 6.45) is 3.82. The molecule has 0 aliphatic heterocycles. The molecular formula is C10H8ClFN2O2S. The van der Waals surface area contributed by atoms with E-state index in [-0.39, 0.29) is 10.6 Å². The highest BCUT2D eigenvalue weighted by Gasteiger charge is 2.12. The standard InChI is InChI=1S/C10H8ClFN2O2S/c1-17(15,16)8-2-3-10(9(12)4-8)14-6-7(11)5-13-14/h2-6H,1H3. The van der Waals surface area contributed by atoms with Crippen LogP contribution in [0.25, 0.3) is 5.69 Å². The zero-order valence-corrected chi connectivity index (χ0v) is 10.3. The van der Waals surface area contributed by atoms with Crippen molar-refractivity contribution in [1.82, 2.24) is 9.78 Å². The molecule has 7 heteroatoms. The molecule has 0 aliphatic carbocycles. The second kappa shape index (κ2) is 4.12. The molecule has 0 spiro atoms. The van der Waals surface area contributed by atoms with E-state index >= 15 is 0 Å². The number of halogens is 2. The Labute approximate surface area is 103 Å². The van der Waals surface area contributed by atoms with Crippen molar-refractivity contribution < 1.29 is 12.8 Å². The van der Waals surface area contributed by atoms with E-state index < -0.39 is 15.7 Å². The second-order valence-corrected chi connectivity index (χ2v) is 5.94. The minimum atomic E-state index is -3.41. The maximum atomic E-state index is 13.7. The lowest BCUT2D eigenvalue weighted by Gasteiger charge is -2.04. The van der Waals surface area contributed by atoms with Crippen molar-refractivity contribution in [3.63, 3.8) is 0 Å². The molecule has 90 valence electrons. The molecule has 4 nitrogen and oxygen atoms in total. The number of aromatic nitrogens is 2. The molecule has 1 aromatic heterocycles. The van der Waals surface area contributed by atoms with Crippen molar-refractivity contribution in [2.45, 2.75) is 4.90 Å². The SMILES string of the molecule is CS(=O)(=O)c1ccc(-n2cc(Cl)cn2)c(F)c1. The Balaban J connectivity index is 2.53. The van der Waals surface area contributed by atoms with Crippen LogP contribution in [-0.2, 0) is 9.84 Å². The molecule has 0 fully saturated rings. The van der Waals surface area contributed by atoms with Gasteiger partial charge in [-0.05, 0) is 18.2 Å². The van der Waals surface area contributed by atoms with Gasteiger partial charge in [0.2, 0.25) is 0 Å². The average Bonchev–Trinajstić information content (AvgIpc) is 2.63. The summed E-state index contributed by atoms with van der Waals surface area (Å²) in [5.41, 5.74) is 0.143. The normalized spacial score (nSPS) is 11.7. The summed E-state index contributed by atoms with van der Waals surface area (Å²) in [6.45, 7) is 0. The average molecular weight is 275 g/mol. The number of rotatable bonds is 2. The Morgan fingerprint density at radius 3 is 2.59 bits per heavy atom. The van der Waals surface area contributed by atoms with Crippen LogP contribution in [0.5, 0.6) is 0 Å². The van der Waals surface area contributed by atoms with Crippen LogP contribution in [0.15, 0.2) is 35.5 Å². The lowest BCUT2D eigenvalue weighted by atomic mass is 10.3. The molecule has 0 saturated carbocycles. The smallest absolute Gasteiger partial charge is 0.175 e. The molecule has 1 heterocycles. The second-order valence-electron chi connectivity index (χ2n) is 3.49. The summed E-state index contributed by atoms with van der Waals surface area (Å²) in [6, 6.07) is 3.62. The van der Waals surface area contributed by atoms with E-state index in [2.05, 4.69) is 5.10 Å². The number of sulfone groups is 1. The van der Waals surface area contributed by atoms with Crippen LogP contribution in [0.2, 0.25) is 5.02 Å². The van der Waals surface area contributed by atoms with Gasteiger partial charge >= 0.3 is 0 Å². The zero-order chi connectivity index (χ0) is 12.6. The molecule has 0 atom stereocenters. The van der Waals surface area contributed by atoms with E-state index in [0.717, 1.165) is 12.3 Å². The van der Waals surface area contributed by atoms with Gasteiger partial charge in [0, 0.05) is 12.5 Å². The monoisotopic (exact) mass is 274 g/mol. The van der Waals surface area contributed by atoms with E-state index in [0.29, 0.717) is 5.02 Å². The first-order valence-electron chi connectivity index (χ1n) is 4.58. The minimum Gasteiger partial charge on any atom is -0.236 e. The van der Waals surface area contributed by atoms with Gasteiger partial charge in [-0.15, -0.1) is 0 Å². The molecule has 0 N–H and O–H groups in total. The Bertz CT molecular complexity index is 667. The van der Waals surface area contributed by atoms with Crippen LogP contribution in [0.4, 0.5) is 4.39 Å². The third kappa shape index (κ3) is 2.48. The highest BCUT2D eigenvalue weighted by molar-refractivity contribution is 7.90. The summed E-state index contributed by atoms with van der Waals surface area (Å²) < 4.78 is 37.4. The summed E-state index contributed by atoms with van der Waals surface area (Å²) >= 11 is 5.66. The molecule has 0 radical (unpaired) electrons. The molecule has 0 amide bonds. The van der Waals surface area contributed by atoms with Crippen LogP contribution in [0, 0.1) is 5.82 Å². The van der Waals surface area contributed by atoms with Gasteiger partial charge in [-0.1, -0.05) is 11.6 Å². The van der Waals surface area contributed by atoms with Crippen LogP contribution in [-0.4, -0.2) is 24.5 Å². The topological polar surface area (TPSA) is 52.0 Å². The fraction of sp³-hybridized carbons (Fsp3) is 0.100. The first kappa shape index (κ1) is 12.1. The predicted octanol–water partition coefficient (Wildman–Crippen LogP) is 2.07. The summed E-state index contributed by atoms with van der Waals surface area (Å²) in [5, 5.41) is 4.21. The van der Waals surface area contributed by atoms with Crippen LogP contribution >= 0.6 is 11.6 Å². The maximum absolute atomic E-state index is 13.7. The van der Waals surface area contributed by atoms with Crippen molar-refractivity contribution in [2.24, 2.45) is 0 Å². The van der Waals surface area contributed by atoms with Gasteiger partial charge in [-0.25, -0.2) is 17.5 Å². The van der Waals surface area contributed by atoms with Gasteiger partial charge in [0.1, 0.15) is 11.5 Å². The summed E-state index contributed by atoms with van der Waals surface area (Å²) in [7, 11) is -3.41. The highest BCUT2D eigenvalue weighted by Crippen LogP contribution is 2.19. The lowest BCUT2D eigenvalue weighted by molar-refractivity contribution is 0.591. The third-order valence-corrected chi connectivity index (χ3v) is 3.45. The van der Waals surface area contributed by atoms with Crippen molar-refractivity contribution in [3.8, 4) is 5.69 Å². The first-order chi connectivity index (χ1) is 7.88. The van der Waals surface area contributed by atoms with Gasteiger partial charge in [0.25, 0.3) is 0 Å². The van der Waals surface area contributed by atoms with E-state index in [1.807, 2.05) is 0 Å². The van der Waals surface area contributed by atoms with E-state index in [4.69, 9.17) is 11.6 Å². The largest absolute Gasteiger partial charge is 0.236 e. The van der Waals surface area contributed by atoms with Gasteiger partial charge < -0.3 is 0 Å². The van der Waals surface area contributed by atoms with Gasteiger partial charge in [-0.2, -0.15) is 5.10 Å². The molecule has 0 bridgehead atoms. The lowest BCUT2D eigenvalue weighted by Crippen LogP contribution is -2.02. The Kier molecular flexibility index (Phi) is 2.92. The minimum absolute atomic E-state index is 0.0722. The molecule has 2 aromatic rings. The molecule has 0 saturated heterocycles. The van der Waals surface area contributed by atoms with Crippen molar-refractivity contribution in [1.29, 1.82) is 0 Å². The molecule has 2 rings (SSSR count). The molecular weight excluding hydrogens is 267 g/mol.